The Kier molecular flexibility index (Phi) is 8.46. The van der Waals surface area contributed by atoms with E-state index in [4.69, 9.17) is 23.2 Å². The van der Waals surface area contributed by atoms with Crippen LogP contribution in [0.25, 0.3) is 0 Å². The molecule has 1 heterocycles. The van der Waals surface area contributed by atoms with Gasteiger partial charge in [-0.2, -0.15) is 4.31 Å². The summed E-state index contributed by atoms with van der Waals surface area (Å²) in [4.78, 5) is 17.3. The topological polar surface area (TPSA) is 60.9 Å². The maximum absolute atomic E-state index is 13.5. The highest BCUT2D eigenvalue weighted by Crippen LogP contribution is 2.22. The Morgan fingerprint density at radius 1 is 0.800 bits per heavy atom. The molecule has 9 heteroatoms. The van der Waals surface area contributed by atoms with E-state index in [2.05, 4.69) is 17.0 Å². The molecular formula is C26H27Cl2N3O3S. The van der Waals surface area contributed by atoms with Gasteiger partial charge in [0.1, 0.15) is 0 Å². The average Bonchev–Trinajstić information content (AvgIpc) is 2.85. The van der Waals surface area contributed by atoms with Crippen LogP contribution in [0.1, 0.15) is 11.1 Å². The van der Waals surface area contributed by atoms with E-state index in [0.717, 1.165) is 19.6 Å². The number of amides is 1. The van der Waals surface area contributed by atoms with Crippen LogP contribution in [0.2, 0.25) is 10.0 Å². The van der Waals surface area contributed by atoms with Crippen LogP contribution in [0.3, 0.4) is 0 Å². The Hall–Kier alpha value is -2.42. The average molecular weight is 532 g/mol. The summed E-state index contributed by atoms with van der Waals surface area (Å²) in [5.74, 6) is -0.219. The molecule has 1 amide bonds. The monoisotopic (exact) mass is 531 g/mol. The van der Waals surface area contributed by atoms with Crippen LogP contribution in [0.5, 0.6) is 0 Å². The number of carbonyl (C=O) groups excluding carboxylic acids is 1. The smallest absolute Gasteiger partial charge is 0.243 e. The fraction of sp³-hybridized carbons (Fsp3) is 0.269. The van der Waals surface area contributed by atoms with Crippen molar-refractivity contribution >= 4 is 39.1 Å². The molecule has 0 radical (unpaired) electrons. The zero-order valence-corrected chi connectivity index (χ0v) is 21.5. The molecule has 184 valence electrons. The van der Waals surface area contributed by atoms with Gasteiger partial charge in [-0.25, -0.2) is 8.42 Å². The van der Waals surface area contributed by atoms with Gasteiger partial charge in [0.2, 0.25) is 15.9 Å². The highest BCUT2D eigenvalue weighted by molar-refractivity contribution is 7.89. The van der Waals surface area contributed by atoms with Gasteiger partial charge in [-0.15, -0.1) is 0 Å². The van der Waals surface area contributed by atoms with Crippen molar-refractivity contribution in [2.75, 3.05) is 32.7 Å². The summed E-state index contributed by atoms with van der Waals surface area (Å²) < 4.78 is 28.2. The Morgan fingerprint density at radius 2 is 1.46 bits per heavy atom. The molecule has 0 bridgehead atoms. The summed E-state index contributed by atoms with van der Waals surface area (Å²) in [6, 6.07) is 23.2. The van der Waals surface area contributed by atoms with Crippen molar-refractivity contribution in [3.8, 4) is 0 Å². The molecule has 35 heavy (non-hydrogen) atoms. The molecule has 0 aromatic heterocycles. The van der Waals surface area contributed by atoms with E-state index in [1.54, 1.807) is 29.2 Å². The maximum atomic E-state index is 13.5. The molecule has 0 spiro atoms. The van der Waals surface area contributed by atoms with Crippen molar-refractivity contribution in [2.24, 2.45) is 0 Å². The van der Waals surface area contributed by atoms with Crippen LogP contribution in [-0.2, 0) is 27.9 Å². The number of benzene rings is 3. The molecule has 0 atom stereocenters. The van der Waals surface area contributed by atoms with E-state index in [-0.39, 0.29) is 23.9 Å². The zero-order chi connectivity index (χ0) is 24.8. The standard InChI is InChI=1S/C26H27Cl2N3O3S/c27-23-9-11-25(12-10-23)35(33,34)31(19-22-7-4-8-24(28)17-22)20-26(32)30-15-13-29(14-16-30)18-21-5-2-1-3-6-21/h1-12,17H,13-16,18-20H2. The Morgan fingerprint density at radius 3 is 2.11 bits per heavy atom. The van der Waals surface area contributed by atoms with Gasteiger partial charge in [-0.3, -0.25) is 9.69 Å². The molecule has 6 nitrogen and oxygen atoms in total. The third-order valence-corrected chi connectivity index (χ3v) is 8.28. The van der Waals surface area contributed by atoms with Gasteiger partial charge in [0, 0.05) is 49.3 Å². The van der Waals surface area contributed by atoms with Gasteiger partial charge in [0.05, 0.1) is 11.4 Å². The van der Waals surface area contributed by atoms with E-state index in [0.29, 0.717) is 28.7 Å². The molecule has 1 aliphatic heterocycles. The van der Waals surface area contributed by atoms with Crippen LogP contribution >= 0.6 is 23.2 Å². The molecule has 0 saturated carbocycles. The summed E-state index contributed by atoms with van der Waals surface area (Å²) in [7, 11) is -3.94. The Labute approximate surface area is 216 Å². The molecule has 1 fully saturated rings. The third-order valence-electron chi connectivity index (χ3n) is 5.98. The minimum atomic E-state index is -3.94. The first-order valence-electron chi connectivity index (χ1n) is 11.4. The third kappa shape index (κ3) is 6.84. The van der Waals surface area contributed by atoms with Crippen molar-refractivity contribution in [1.82, 2.24) is 14.1 Å². The lowest BCUT2D eigenvalue weighted by Gasteiger charge is -2.35. The highest BCUT2D eigenvalue weighted by Gasteiger charge is 2.30. The first-order chi connectivity index (χ1) is 16.8. The molecule has 1 saturated heterocycles. The van der Waals surface area contributed by atoms with Crippen molar-refractivity contribution in [3.05, 3.63) is 100 Å². The van der Waals surface area contributed by atoms with Gasteiger partial charge in [-0.05, 0) is 47.5 Å². The highest BCUT2D eigenvalue weighted by atomic mass is 35.5. The molecule has 3 aromatic carbocycles. The van der Waals surface area contributed by atoms with Gasteiger partial charge >= 0.3 is 0 Å². The number of hydrogen-bond donors (Lipinski definition) is 0. The molecule has 0 unspecified atom stereocenters. The molecule has 4 rings (SSSR count). The predicted octanol–water partition coefficient (Wildman–Crippen LogP) is 4.53. The van der Waals surface area contributed by atoms with Gasteiger partial charge in [-0.1, -0.05) is 65.7 Å². The minimum absolute atomic E-state index is 0.0330. The number of hydrogen-bond acceptors (Lipinski definition) is 4. The normalized spacial score (nSPS) is 14.9. The number of rotatable bonds is 8. The molecule has 0 aliphatic carbocycles. The molecule has 3 aromatic rings. The number of piperazine rings is 1. The number of carbonyl (C=O) groups is 1. The Balaban J connectivity index is 1.46. The van der Waals surface area contributed by atoms with E-state index >= 15 is 0 Å². The number of nitrogens with zero attached hydrogens (tertiary/aromatic N) is 3. The summed E-state index contributed by atoms with van der Waals surface area (Å²) in [5.41, 5.74) is 1.93. The van der Waals surface area contributed by atoms with Crippen LogP contribution in [0.4, 0.5) is 0 Å². The largest absolute Gasteiger partial charge is 0.339 e. The predicted molar refractivity (Wildman–Crippen MR) is 139 cm³/mol. The maximum Gasteiger partial charge on any atom is 0.243 e. The van der Waals surface area contributed by atoms with Crippen LogP contribution in [0.15, 0.2) is 83.8 Å². The lowest BCUT2D eigenvalue weighted by Crippen LogP contribution is -2.51. The first-order valence-corrected chi connectivity index (χ1v) is 13.5. The van der Waals surface area contributed by atoms with E-state index in [1.165, 1.54) is 34.1 Å². The molecule has 1 aliphatic rings. The van der Waals surface area contributed by atoms with Crippen LogP contribution in [0, 0.1) is 0 Å². The SMILES string of the molecule is O=C(CN(Cc1cccc(Cl)c1)S(=O)(=O)c1ccc(Cl)cc1)N1CCN(Cc2ccccc2)CC1. The van der Waals surface area contributed by atoms with Gasteiger partial charge < -0.3 is 4.90 Å². The molecule has 0 N–H and O–H groups in total. The van der Waals surface area contributed by atoms with Crippen LogP contribution < -0.4 is 0 Å². The van der Waals surface area contributed by atoms with Gasteiger partial charge in [0.15, 0.2) is 0 Å². The lowest BCUT2D eigenvalue weighted by molar-refractivity contribution is -0.133. The minimum Gasteiger partial charge on any atom is -0.339 e. The van der Waals surface area contributed by atoms with Crippen molar-refractivity contribution in [2.45, 2.75) is 18.0 Å². The van der Waals surface area contributed by atoms with Crippen LogP contribution in [-0.4, -0.2) is 61.2 Å². The van der Waals surface area contributed by atoms with Crippen molar-refractivity contribution < 1.29 is 13.2 Å². The number of halogens is 2. The molecular weight excluding hydrogens is 505 g/mol. The Bertz CT molecular complexity index is 1250. The number of sulfonamides is 1. The quantitative estimate of drug-likeness (QED) is 0.428. The second-order valence-electron chi connectivity index (χ2n) is 8.50. The van der Waals surface area contributed by atoms with Crippen molar-refractivity contribution in [3.63, 3.8) is 0 Å². The van der Waals surface area contributed by atoms with Gasteiger partial charge in [0.25, 0.3) is 0 Å². The summed E-state index contributed by atoms with van der Waals surface area (Å²) >= 11 is 12.1. The lowest BCUT2D eigenvalue weighted by atomic mass is 10.2. The zero-order valence-electron chi connectivity index (χ0n) is 19.2. The van der Waals surface area contributed by atoms with Crippen molar-refractivity contribution in [1.29, 1.82) is 0 Å². The second-order valence-corrected chi connectivity index (χ2v) is 11.3. The van der Waals surface area contributed by atoms with E-state index in [1.807, 2.05) is 18.2 Å². The second kappa shape index (κ2) is 11.5. The van der Waals surface area contributed by atoms with E-state index in [9.17, 15) is 13.2 Å². The summed E-state index contributed by atoms with van der Waals surface area (Å²) in [6.45, 7) is 3.18. The summed E-state index contributed by atoms with van der Waals surface area (Å²) in [6.07, 6.45) is 0. The fourth-order valence-electron chi connectivity index (χ4n) is 4.07. The first kappa shape index (κ1) is 25.7. The fourth-order valence-corrected chi connectivity index (χ4v) is 5.78. The van der Waals surface area contributed by atoms with E-state index < -0.39 is 10.0 Å². The summed E-state index contributed by atoms with van der Waals surface area (Å²) in [5, 5.41) is 0.946.